The predicted octanol–water partition coefficient (Wildman–Crippen LogP) is 3.81. The lowest BCUT2D eigenvalue weighted by atomic mass is 9.69. The van der Waals surface area contributed by atoms with Crippen molar-refractivity contribution in [2.75, 3.05) is 28.7 Å². The van der Waals surface area contributed by atoms with E-state index < -0.39 is 36.2 Å². The standard InChI is InChI=1S/C23H23F5N6O2/c1-33-18-17-15(3-2-6-34(17)19(35)21(33)10-22(24,25)11-21)31-20(32-18)30-12-7-14(8-12)36-13-4-5-16(29-9-13)23(26,27)28/h4-5,9,12,14H,2-3,6-8,10-11H2,1H3,(H,30,31,32). The Morgan fingerprint density at radius 2 is 1.92 bits per heavy atom. The van der Waals surface area contributed by atoms with E-state index in [1.807, 2.05) is 0 Å². The summed E-state index contributed by atoms with van der Waals surface area (Å²) in [5.41, 5.74) is -0.960. The van der Waals surface area contributed by atoms with Crippen molar-refractivity contribution in [3.63, 3.8) is 0 Å². The maximum Gasteiger partial charge on any atom is 0.433 e. The normalized spacial score (nSPS) is 25.7. The van der Waals surface area contributed by atoms with Gasteiger partial charge >= 0.3 is 6.18 Å². The Morgan fingerprint density at radius 3 is 2.56 bits per heavy atom. The number of ether oxygens (including phenoxy) is 1. The maximum absolute atomic E-state index is 13.9. The zero-order valence-corrected chi connectivity index (χ0v) is 19.3. The third kappa shape index (κ3) is 3.62. The number of halogens is 5. The minimum atomic E-state index is -4.50. The number of aryl methyl sites for hydroxylation is 1. The highest BCUT2D eigenvalue weighted by Crippen LogP contribution is 2.55. The fraction of sp³-hybridized carbons (Fsp3) is 0.565. The Morgan fingerprint density at radius 1 is 1.17 bits per heavy atom. The second kappa shape index (κ2) is 7.62. The topological polar surface area (TPSA) is 83.5 Å². The van der Waals surface area contributed by atoms with Gasteiger partial charge in [0.05, 0.1) is 11.9 Å². The molecule has 13 heteroatoms. The smallest absolute Gasteiger partial charge is 0.433 e. The van der Waals surface area contributed by atoms with E-state index >= 15 is 0 Å². The first-order chi connectivity index (χ1) is 17.0. The Labute approximate surface area is 202 Å². The lowest BCUT2D eigenvalue weighted by Gasteiger charge is -2.56. The summed E-state index contributed by atoms with van der Waals surface area (Å²) < 4.78 is 71.5. The number of amides is 1. The summed E-state index contributed by atoms with van der Waals surface area (Å²) in [6, 6.07) is 2.10. The van der Waals surface area contributed by atoms with E-state index in [-0.39, 0.29) is 23.8 Å². The molecule has 2 aromatic heterocycles. The molecule has 0 saturated heterocycles. The third-order valence-electron chi connectivity index (χ3n) is 7.47. The molecular weight excluding hydrogens is 487 g/mol. The van der Waals surface area contributed by atoms with Crippen molar-refractivity contribution in [2.45, 2.75) is 68.3 Å². The molecule has 0 bridgehead atoms. The number of hydrogen-bond donors (Lipinski definition) is 1. The molecule has 8 nitrogen and oxygen atoms in total. The number of nitrogens with one attached hydrogen (secondary N) is 1. The average molecular weight is 510 g/mol. The highest BCUT2D eigenvalue weighted by atomic mass is 19.4. The van der Waals surface area contributed by atoms with Crippen molar-refractivity contribution in [1.29, 1.82) is 0 Å². The van der Waals surface area contributed by atoms with Crippen LogP contribution in [-0.2, 0) is 17.4 Å². The van der Waals surface area contributed by atoms with Gasteiger partial charge in [0.25, 0.3) is 11.8 Å². The zero-order chi connectivity index (χ0) is 25.5. The van der Waals surface area contributed by atoms with Gasteiger partial charge in [-0.1, -0.05) is 0 Å². The highest BCUT2D eigenvalue weighted by molar-refractivity contribution is 6.09. The molecule has 36 heavy (non-hydrogen) atoms. The number of nitrogens with zero attached hydrogens (tertiary/aromatic N) is 5. The minimum absolute atomic E-state index is 0.0279. The molecule has 0 unspecified atom stereocenters. The summed E-state index contributed by atoms with van der Waals surface area (Å²) in [4.78, 5) is 29.0. The van der Waals surface area contributed by atoms with Gasteiger partial charge in [-0.15, -0.1) is 0 Å². The lowest BCUT2D eigenvalue weighted by molar-refractivity contribution is -0.155. The number of pyridine rings is 1. The molecule has 4 heterocycles. The van der Waals surface area contributed by atoms with Crippen LogP contribution >= 0.6 is 0 Å². The van der Waals surface area contributed by atoms with E-state index in [1.165, 1.54) is 6.07 Å². The SMILES string of the molecule is CN1c2nc(NC3CC(Oc4ccc(C(F)(F)F)nc4)C3)nc3c2N(CCC3)C(=O)C12CC(F)(F)C2. The molecule has 1 spiro atoms. The van der Waals surface area contributed by atoms with E-state index in [1.54, 1.807) is 16.8 Å². The van der Waals surface area contributed by atoms with Crippen LogP contribution in [0.1, 0.15) is 43.5 Å². The molecule has 2 aromatic rings. The zero-order valence-electron chi connectivity index (χ0n) is 19.3. The van der Waals surface area contributed by atoms with Crippen LogP contribution in [0.3, 0.4) is 0 Å². The first-order valence-electron chi connectivity index (χ1n) is 11.8. The van der Waals surface area contributed by atoms with Gasteiger partial charge in [0.15, 0.2) is 5.82 Å². The van der Waals surface area contributed by atoms with E-state index in [0.717, 1.165) is 12.3 Å². The van der Waals surface area contributed by atoms with Crippen LogP contribution in [0.5, 0.6) is 5.75 Å². The van der Waals surface area contributed by atoms with Crippen molar-refractivity contribution >= 4 is 23.4 Å². The Bertz CT molecular complexity index is 1210. The van der Waals surface area contributed by atoms with Crippen molar-refractivity contribution < 1.29 is 31.5 Å². The quantitative estimate of drug-likeness (QED) is 0.627. The van der Waals surface area contributed by atoms with Crippen LogP contribution in [0.4, 0.5) is 39.4 Å². The first-order valence-corrected chi connectivity index (χ1v) is 11.8. The Balaban J connectivity index is 1.15. The maximum atomic E-state index is 13.9. The highest BCUT2D eigenvalue weighted by Gasteiger charge is 2.66. The summed E-state index contributed by atoms with van der Waals surface area (Å²) in [5.74, 6) is -2.11. The number of carbonyl (C=O) groups excluding carboxylic acids is 1. The number of carbonyl (C=O) groups is 1. The molecule has 2 saturated carbocycles. The molecular formula is C23H23F5N6O2. The summed E-state index contributed by atoms with van der Waals surface area (Å²) in [6.07, 6.45) is -2.22. The van der Waals surface area contributed by atoms with Gasteiger partial charge in [0, 0.05) is 45.3 Å². The van der Waals surface area contributed by atoms with Gasteiger partial charge < -0.3 is 19.9 Å². The van der Waals surface area contributed by atoms with Crippen molar-refractivity contribution in [1.82, 2.24) is 15.0 Å². The summed E-state index contributed by atoms with van der Waals surface area (Å²) >= 11 is 0. The molecule has 2 fully saturated rings. The molecule has 1 N–H and O–H groups in total. The summed E-state index contributed by atoms with van der Waals surface area (Å²) in [6.45, 7) is 0.455. The molecule has 0 radical (unpaired) electrons. The van der Waals surface area contributed by atoms with Crippen LogP contribution in [0, 0.1) is 0 Å². The molecule has 1 amide bonds. The average Bonchev–Trinajstić information content (AvgIpc) is 2.78. The lowest BCUT2D eigenvalue weighted by Crippen LogP contribution is -2.72. The van der Waals surface area contributed by atoms with E-state index in [9.17, 15) is 26.7 Å². The third-order valence-corrected chi connectivity index (χ3v) is 7.47. The van der Waals surface area contributed by atoms with Crippen LogP contribution in [0.15, 0.2) is 18.3 Å². The van der Waals surface area contributed by atoms with Crippen LogP contribution in [0.25, 0.3) is 0 Å². The fourth-order valence-corrected chi connectivity index (χ4v) is 5.52. The van der Waals surface area contributed by atoms with E-state index in [0.29, 0.717) is 55.4 Å². The van der Waals surface area contributed by atoms with Crippen molar-refractivity contribution in [3.05, 3.63) is 29.7 Å². The molecule has 4 aliphatic rings. The number of anilines is 3. The summed E-state index contributed by atoms with van der Waals surface area (Å²) in [7, 11) is 1.64. The summed E-state index contributed by atoms with van der Waals surface area (Å²) in [5, 5.41) is 3.25. The number of alkyl halides is 5. The van der Waals surface area contributed by atoms with Crippen molar-refractivity contribution in [3.8, 4) is 5.75 Å². The molecule has 0 aromatic carbocycles. The van der Waals surface area contributed by atoms with Gasteiger partial charge in [0.1, 0.15) is 28.8 Å². The number of hydrogen-bond acceptors (Lipinski definition) is 7. The largest absolute Gasteiger partial charge is 0.489 e. The fourth-order valence-electron chi connectivity index (χ4n) is 5.52. The van der Waals surface area contributed by atoms with Crippen molar-refractivity contribution in [2.24, 2.45) is 0 Å². The van der Waals surface area contributed by atoms with E-state index in [4.69, 9.17) is 4.74 Å². The van der Waals surface area contributed by atoms with Gasteiger partial charge in [-0.3, -0.25) is 4.79 Å². The van der Waals surface area contributed by atoms with E-state index in [2.05, 4.69) is 20.3 Å². The van der Waals surface area contributed by atoms with Crippen LogP contribution < -0.4 is 19.9 Å². The van der Waals surface area contributed by atoms with Crippen LogP contribution in [0.2, 0.25) is 0 Å². The number of aromatic nitrogens is 3. The Kier molecular flexibility index (Phi) is 4.91. The number of rotatable bonds is 4. The Hall–Kier alpha value is -3.25. The molecule has 2 aliphatic carbocycles. The monoisotopic (exact) mass is 510 g/mol. The minimum Gasteiger partial charge on any atom is -0.489 e. The second-order valence-corrected chi connectivity index (χ2v) is 9.96. The molecule has 6 rings (SSSR count). The van der Waals surface area contributed by atoms with Crippen LogP contribution in [-0.4, -0.2) is 58.1 Å². The van der Waals surface area contributed by atoms with Gasteiger partial charge in [-0.25, -0.2) is 18.7 Å². The molecule has 192 valence electrons. The van der Waals surface area contributed by atoms with Gasteiger partial charge in [0.2, 0.25) is 5.95 Å². The van der Waals surface area contributed by atoms with Gasteiger partial charge in [-0.05, 0) is 25.0 Å². The first kappa shape index (κ1) is 23.2. The van der Waals surface area contributed by atoms with Gasteiger partial charge in [-0.2, -0.15) is 18.2 Å². The molecule has 0 atom stereocenters. The predicted molar refractivity (Wildman–Crippen MR) is 118 cm³/mol. The molecule has 2 aliphatic heterocycles. The number of likely N-dealkylation sites (N-methyl/N-ethyl adjacent to an activating group) is 1. The second-order valence-electron chi connectivity index (χ2n) is 9.96.